The molecule has 33 heavy (non-hydrogen) atoms. The Hall–Kier alpha value is -2.87. The van der Waals surface area contributed by atoms with Crippen molar-refractivity contribution >= 4 is 29.1 Å². The maximum absolute atomic E-state index is 13.1. The number of amides is 1. The second-order valence-electron chi connectivity index (χ2n) is 8.18. The summed E-state index contributed by atoms with van der Waals surface area (Å²) in [5, 5.41) is 11.8. The molecule has 2 saturated heterocycles. The lowest BCUT2D eigenvalue weighted by molar-refractivity contribution is -0.140. The molecule has 2 heterocycles. The molecule has 0 unspecified atom stereocenters. The molecule has 174 valence electrons. The van der Waals surface area contributed by atoms with Gasteiger partial charge in [-0.1, -0.05) is 23.7 Å². The number of morpholine rings is 1. The van der Waals surface area contributed by atoms with Crippen LogP contribution in [0.15, 0.2) is 48.0 Å². The van der Waals surface area contributed by atoms with Gasteiger partial charge in [-0.2, -0.15) is 0 Å². The molecule has 2 aliphatic rings. The van der Waals surface area contributed by atoms with Crippen LogP contribution in [0.1, 0.15) is 22.7 Å². The van der Waals surface area contributed by atoms with Crippen LogP contribution in [0.4, 0.5) is 0 Å². The number of aryl methyl sites for hydroxylation is 1. The van der Waals surface area contributed by atoms with E-state index >= 15 is 0 Å². The Labute approximate surface area is 198 Å². The van der Waals surface area contributed by atoms with Gasteiger partial charge in [-0.15, -0.1) is 0 Å². The van der Waals surface area contributed by atoms with Gasteiger partial charge in [-0.05, 0) is 48.4 Å². The van der Waals surface area contributed by atoms with Gasteiger partial charge in [0.2, 0.25) is 0 Å². The van der Waals surface area contributed by atoms with Gasteiger partial charge in [0.15, 0.2) is 0 Å². The number of nitrogens with zero attached hydrogens (tertiary/aromatic N) is 2. The molecule has 1 atom stereocenters. The molecular formula is C25H27ClN2O5. The SMILES string of the molecule is COc1ccc(C(O)=C2C(=O)C(=O)N(CCN3CCOCC3)[C@@H]2c2ccc(Cl)cc2)cc1C. The van der Waals surface area contributed by atoms with Gasteiger partial charge in [0.25, 0.3) is 11.7 Å². The van der Waals surface area contributed by atoms with Crippen LogP contribution in [0.25, 0.3) is 5.76 Å². The van der Waals surface area contributed by atoms with Crippen molar-refractivity contribution in [1.29, 1.82) is 0 Å². The van der Waals surface area contributed by atoms with Crippen molar-refractivity contribution in [2.24, 2.45) is 0 Å². The lowest BCUT2D eigenvalue weighted by atomic mass is 9.95. The van der Waals surface area contributed by atoms with Crippen LogP contribution in [-0.4, -0.2) is 73.1 Å². The molecule has 0 bridgehead atoms. The second kappa shape index (κ2) is 9.95. The number of rotatable bonds is 6. The van der Waals surface area contributed by atoms with Crippen LogP contribution in [-0.2, 0) is 14.3 Å². The van der Waals surface area contributed by atoms with Crippen molar-refractivity contribution in [2.75, 3.05) is 46.5 Å². The van der Waals surface area contributed by atoms with E-state index in [9.17, 15) is 14.7 Å². The zero-order valence-electron chi connectivity index (χ0n) is 18.7. The summed E-state index contributed by atoms with van der Waals surface area (Å²) in [6.45, 7) is 5.68. The summed E-state index contributed by atoms with van der Waals surface area (Å²) >= 11 is 6.08. The monoisotopic (exact) mass is 470 g/mol. The Morgan fingerprint density at radius 3 is 2.45 bits per heavy atom. The first-order valence-electron chi connectivity index (χ1n) is 10.9. The van der Waals surface area contributed by atoms with E-state index in [0.717, 1.165) is 18.7 Å². The Morgan fingerprint density at radius 1 is 1.12 bits per heavy atom. The molecule has 1 amide bonds. The zero-order valence-corrected chi connectivity index (χ0v) is 19.5. The fraction of sp³-hybridized carbons (Fsp3) is 0.360. The summed E-state index contributed by atoms with van der Waals surface area (Å²) in [6, 6.07) is 11.5. The molecule has 0 aromatic heterocycles. The third-order valence-electron chi connectivity index (χ3n) is 6.15. The number of ether oxygens (including phenoxy) is 2. The number of aliphatic hydroxyl groups excluding tert-OH is 1. The normalized spacial score (nSPS) is 20.9. The maximum atomic E-state index is 13.1. The first-order valence-corrected chi connectivity index (χ1v) is 11.3. The van der Waals surface area contributed by atoms with Gasteiger partial charge >= 0.3 is 0 Å². The van der Waals surface area contributed by atoms with E-state index in [1.165, 1.54) is 0 Å². The third-order valence-corrected chi connectivity index (χ3v) is 6.41. The minimum atomic E-state index is -0.703. The zero-order chi connectivity index (χ0) is 23.5. The quantitative estimate of drug-likeness (QED) is 0.396. The van der Waals surface area contributed by atoms with Gasteiger partial charge < -0.3 is 19.5 Å². The first kappa shape index (κ1) is 23.3. The Bertz CT molecular complexity index is 1080. The molecule has 2 aromatic carbocycles. The highest BCUT2D eigenvalue weighted by Crippen LogP contribution is 2.40. The van der Waals surface area contributed by atoms with Gasteiger partial charge in [-0.25, -0.2) is 0 Å². The van der Waals surface area contributed by atoms with Crippen molar-refractivity contribution in [3.05, 3.63) is 69.8 Å². The molecule has 2 fully saturated rings. The Kier molecular flexibility index (Phi) is 7.02. The second-order valence-corrected chi connectivity index (χ2v) is 8.62. The molecule has 8 heteroatoms. The molecule has 2 aromatic rings. The van der Waals surface area contributed by atoms with Crippen LogP contribution < -0.4 is 4.74 Å². The van der Waals surface area contributed by atoms with Crippen molar-refractivity contribution in [1.82, 2.24) is 9.80 Å². The number of likely N-dealkylation sites (tertiary alicyclic amines) is 1. The van der Waals surface area contributed by atoms with Crippen molar-refractivity contribution in [3.8, 4) is 5.75 Å². The van der Waals surface area contributed by atoms with E-state index in [4.69, 9.17) is 21.1 Å². The van der Waals surface area contributed by atoms with E-state index in [1.54, 1.807) is 54.5 Å². The molecule has 0 aliphatic carbocycles. The highest BCUT2D eigenvalue weighted by molar-refractivity contribution is 6.46. The number of hydrogen-bond acceptors (Lipinski definition) is 6. The van der Waals surface area contributed by atoms with E-state index in [2.05, 4.69) is 4.90 Å². The van der Waals surface area contributed by atoms with E-state index in [-0.39, 0.29) is 11.3 Å². The number of carbonyl (C=O) groups is 2. The highest BCUT2D eigenvalue weighted by atomic mass is 35.5. The average Bonchev–Trinajstić information content (AvgIpc) is 3.08. The topological polar surface area (TPSA) is 79.3 Å². The fourth-order valence-electron chi connectivity index (χ4n) is 4.36. The van der Waals surface area contributed by atoms with Crippen molar-refractivity contribution in [2.45, 2.75) is 13.0 Å². The number of benzene rings is 2. The summed E-state index contributed by atoms with van der Waals surface area (Å²) in [6.07, 6.45) is 0. The smallest absolute Gasteiger partial charge is 0.295 e. The van der Waals surface area contributed by atoms with Crippen LogP contribution >= 0.6 is 11.6 Å². The largest absolute Gasteiger partial charge is 0.507 e. The van der Waals surface area contributed by atoms with E-state index in [1.807, 2.05) is 6.92 Å². The van der Waals surface area contributed by atoms with Gasteiger partial charge in [0, 0.05) is 36.8 Å². The standard InChI is InChI=1S/C25H27ClN2O5/c1-16-15-18(5-8-20(16)32-2)23(29)21-22(17-3-6-19(26)7-4-17)28(25(31)24(21)30)10-9-27-11-13-33-14-12-27/h3-8,15,22,29H,9-14H2,1-2H3/t22-/m1/s1. The number of carbonyl (C=O) groups excluding carboxylic acids is 2. The molecule has 0 radical (unpaired) electrons. The lowest BCUT2D eigenvalue weighted by Crippen LogP contribution is -2.42. The third kappa shape index (κ3) is 4.76. The van der Waals surface area contributed by atoms with Crippen LogP contribution in [0.2, 0.25) is 5.02 Å². The van der Waals surface area contributed by atoms with Crippen LogP contribution in [0.3, 0.4) is 0 Å². The predicted molar refractivity (Wildman–Crippen MR) is 125 cm³/mol. The Morgan fingerprint density at radius 2 is 1.82 bits per heavy atom. The van der Waals surface area contributed by atoms with Gasteiger partial charge in [-0.3, -0.25) is 14.5 Å². The van der Waals surface area contributed by atoms with E-state index in [0.29, 0.717) is 48.2 Å². The number of Topliss-reactive ketones (excluding diaryl/α,β-unsaturated/α-hetero) is 1. The first-order chi connectivity index (χ1) is 15.9. The van der Waals surface area contributed by atoms with Crippen molar-refractivity contribution in [3.63, 3.8) is 0 Å². The molecule has 0 spiro atoms. The molecule has 7 nitrogen and oxygen atoms in total. The van der Waals surface area contributed by atoms with Crippen LogP contribution in [0, 0.1) is 6.92 Å². The number of methoxy groups -OCH3 is 1. The molecular weight excluding hydrogens is 444 g/mol. The minimum absolute atomic E-state index is 0.0777. The summed E-state index contributed by atoms with van der Waals surface area (Å²) in [5.41, 5.74) is 2.06. The number of aliphatic hydroxyl groups is 1. The summed E-state index contributed by atoms with van der Waals surface area (Å²) < 4.78 is 10.7. The predicted octanol–water partition coefficient (Wildman–Crippen LogP) is 3.41. The van der Waals surface area contributed by atoms with Gasteiger partial charge in [0.05, 0.1) is 31.9 Å². The molecule has 1 N–H and O–H groups in total. The summed E-state index contributed by atoms with van der Waals surface area (Å²) in [7, 11) is 1.57. The van der Waals surface area contributed by atoms with Gasteiger partial charge in [0.1, 0.15) is 11.5 Å². The summed E-state index contributed by atoms with van der Waals surface area (Å²) in [4.78, 5) is 30.0. The summed E-state index contributed by atoms with van der Waals surface area (Å²) in [5.74, 6) is -0.836. The molecule has 2 aliphatic heterocycles. The highest BCUT2D eigenvalue weighted by Gasteiger charge is 2.46. The molecule has 0 saturated carbocycles. The minimum Gasteiger partial charge on any atom is -0.507 e. The van der Waals surface area contributed by atoms with Crippen molar-refractivity contribution < 1.29 is 24.2 Å². The lowest BCUT2D eigenvalue weighted by Gasteiger charge is -2.31. The maximum Gasteiger partial charge on any atom is 0.295 e. The Balaban J connectivity index is 1.74. The number of ketones is 1. The van der Waals surface area contributed by atoms with E-state index < -0.39 is 17.7 Å². The average molecular weight is 471 g/mol. The van der Waals surface area contributed by atoms with Crippen LogP contribution in [0.5, 0.6) is 5.75 Å². The number of hydrogen-bond donors (Lipinski definition) is 1. The fourth-order valence-corrected chi connectivity index (χ4v) is 4.48. The number of halogens is 1. The molecule has 4 rings (SSSR count).